The number of rotatable bonds is 3. The molecule has 0 saturated carbocycles. The van der Waals surface area contributed by atoms with Gasteiger partial charge < -0.3 is 5.32 Å². The number of aromatic nitrogens is 1. The molecule has 1 aliphatic heterocycles. The highest BCUT2D eigenvalue weighted by Crippen LogP contribution is 2.24. The van der Waals surface area contributed by atoms with Crippen LogP contribution in [0.3, 0.4) is 0 Å². The van der Waals surface area contributed by atoms with Crippen molar-refractivity contribution in [2.75, 3.05) is 18.8 Å². The molecule has 66 valence electrons. The molecule has 1 aliphatic rings. The van der Waals surface area contributed by atoms with Crippen molar-refractivity contribution in [2.45, 2.75) is 10.8 Å². The van der Waals surface area contributed by atoms with Crippen LogP contribution in [0.15, 0.2) is 15.9 Å². The van der Waals surface area contributed by atoms with Crippen LogP contribution in [-0.2, 0) is 0 Å². The lowest BCUT2D eigenvalue weighted by atomic mass is 10.2. The van der Waals surface area contributed by atoms with Gasteiger partial charge in [-0.1, -0.05) is 11.8 Å². The molecule has 2 nitrogen and oxygen atoms in total. The second kappa shape index (κ2) is 4.25. The van der Waals surface area contributed by atoms with Crippen molar-refractivity contribution < 1.29 is 0 Å². The molecule has 1 saturated heterocycles. The maximum atomic E-state index is 4.24. The highest BCUT2D eigenvalue weighted by molar-refractivity contribution is 8.01. The summed E-state index contributed by atoms with van der Waals surface area (Å²) in [5, 5.41) is 5.41. The van der Waals surface area contributed by atoms with Gasteiger partial charge in [-0.25, -0.2) is 4.98 Å². The molecule has 1 aromatic rings. The standard InChI is InChI=1S/C8H12N2S2/c1-2-9-5-7(1)6-12-8-10-3-4-11-8/h3-4,7,9H,1-2,5-6H2/t7-/m0/s1. The molecular formula is C8H12N2S2. The summed E-state index contributed by atoms with van der Waals surface area (Å²) >= 11 is 3.63. The van der Waals surface area contributed by atoms with Gasteiger partial charge >= 0.3 is 0 Å². The first-order valence-corrected chi connectivity index (χ1v) is 6.04. The first-order chi connectivity index (χ1) is 5.95. The third-order valence-electron chi connectivity index (χ3n) is 2.01. The smallest absolute Gasteiger partial charge is 0.149 e. The molecular weight excluding hydrogens is 188 g/mol. The van der Waals surface area contributed by atoms with Gasteiger partial charge in [0.15, 0.2) is 0 Å². The Morgan fingerprint density at radius 3 is 3.42 bits per heavy atom. The van der Waals surface area contributed by atoms with E-state index in [1.54, 1.807) is 11.3 Å². The van der Waals surface area contributed by atoms with E-state index in [0.29, 0.717) is 0 Å². The van der Waals surface area contributed by atoms with Gasteiger partial charge in [-0.15, -0.1) is 11.3 Å². The number of thioether (sulfide) groups is 1. The van der Waals surface area contributed by atoms with Crippen LogP contribution < -0.4 is 5.32 Å². The second-order valence-electron chi connectivity index (χ2n) is 2.97. The maximum Gasteiger partial charge on any atom is 0.149 e. The minimum atomic E-state index is 0.860. The molecule has 1 atom stereocenters. The van der Waals surface area contributed by atoms with Gasteiger partial charge in [0.05, 0.1) is 0 Å². The summed E-state index contributed by atoms with van der Waals surface area (Å²) in [6.45, 7) is 2.39. The fourth-order valence-corrected chi connectivity index (χ4v) is 3.13. The Morgan fingerprint density at radius 2 is 2.75 bits per heavy atom. The minimum absolute atomic E-state index is 0.860. The van der Waals surface area contributed by atoms with Crippen LogP contribution in [0.25, 0.3) is 0 Å². The van der Waals surface area contributed by atoms with Crippen LogP contribution in [0.1, 0.15) is 6.42 Å². The Bertz CT molecular complexity index is 217. The van der Waals surface area contributed by atoms with E-state index >= 15 is 0 Å². The Labute approximate surface area is 80.8 Å². The van der Waals surface area contributed by atoms with Gasteiger partial charge in [-0.3, -0.25) is 0 Å². The van der Waals surface area contributed by atoms with E-state index in [1.165, 1.54) is 29.6 Å². The summed E-state index contributed by atoms with van der Waals surface area (Å²) in [5.74, 6) is 2.08. The van der Waals surface area contributed by atoms with Crippen LogP contribution in [0, 0.1) is 5.92 Å². The first kappa shape index (κ1) is 8.53. The molecule has 0 spiro atoms. The summed E-state index contributed by atoms with van der Waals surface area (Å²) in [6.07, 6.45) is 3.21. The number of nitrogens with one attached hydrogen (secondary N) is 1. The number of nitrogens with zero attached hydrogens (tertiary/aromatic N) is 1. The van der Waals surface area contributed by atoms with Crippen molar-refractivity contribution in [3.05, 3.63) is 11.6 Å². The predicted molar refractivity (Wildman–Crippen MR) is 53.8 cm³/mol. The lowest BCUT2D eigenvalue weighted by Crippen LogP contribution is -2.10. The first-order valence-electron chi connectivity index (χ1n) is 4.18. The van der Waals surface area contributed by atoms with Gasteiger partial charge in [0.2, 0.25) is 0 Å². The Morgan fingerprint density at radius 1 is 1.75 bits per heavy atom. The lowest BCUT2D eigenvalue weighted by Gasteiger charge is -2.04. The molecule has 0 aliphatic carbocycles. The number of thiazole rings is 1. The third-order valence-corrected chi connectivity index (χ3v) is 4.21. The SMILES string of the molecule is c1csc(SC[C@H]2CCNC2)n1. The van der Waals surface area contributed by atoms with Crippen LogP contribution in [0.4, 0.5) is 0 Å². The molecule has 2 rings (SSSR count). The largest absolute Gasteiger partial charge is 0.316 e. The highest BCUT2D eigenvalue weighted by atomic mass is 32.2. The monoisotopic (exact) mass is 200 g/mol. The molecule has 1 fully saturated rings. The summed E-state index contributed by atoms with van der Waals surface area (Å²) in [7, 11) is 0. The van der Waals surface area contributed by atoms with Crippen molar-refractivity contribution in [1.29, 1.82) is 0 Å². The molecule has 2 heterocycles. The summed E-state index contributed by atoms with van der Waals surface area (Å²) < 4.78 is 1.21. The van der Waals surface area contributed by atoms with Gasteiger partial charge in [-0.05, 0) is 25.4 Å². The normalized spacial score (nSPS) is 23.2. The van der Waals surface area contributed by atoms with Crippen molar-refractivity contribution in [2.24, 2.45) is 5.92 Å². The van der Waals surface area contributed by atoms with E-state index in [0.717, 1.165) is 5.92 Å². The number of hydrogen-bond acceptors (Lipinski definition) is 4. The molecule has 1 aromatic heterocycles. The van der Waals surface area contributed by atoms with Crippen molar-refractivity contribution >= 4 is 23.1 Å². The molecule has 0 bridgehead atoms. The van der Waals surface area contributed by atoms with E-state index in [2.05, 4.69) is 10.3 Å². The van der Waals surface area contributed by atoms with E-state index < -0.39 is 0 Å². The predicted octanol–water partition coefficient (Wildman–Crippen LogP) is 1.84. The average molecular weight is 200 g/mol. The molecule has 0 amide bonds. The van der Waals surface area contributed by atoms with Gasteiger partial charge in [0.1, 0.15) is 4.34 Å². The average Bonchev–Trinajstić information content (AvgIpc) is 2.74. The van der Waals surface area contributed by atoms with Crippen LogP contribution in [-0.4, -0.2) is 23.8 Å². The Balaban J connectivity index is 1.74. The molecule has 0 radical (unpaired) electrons. The van der Waals surface area contributed by atoms with Gasteiger partial charge in [-0.2, -0.15) is 0 Å². The second-order valence-corrected chi connectivity index (χ2v) is 5.13. The molecule has 12 heavy (non-hydrogen) atoms. The Hall–Kier alpha value is -0.0600. The van der Waals surface area contributed by atoms with Gasteiger partial charge in [0, 0.05) is 17.3 Å². The van der Waals surface area contributed by atoms with Crippen LogP contribution in [0.5, 0.6) is 0 Å². The summed E-state index contributed by atoms with van der Waals surface area (Å²) in [6, 6.07) is 0. The topological polar surface area (TPSA) is 24.9 Å². The van der Waals surface area contributed by atoms with E-state index in [4.69, 9.17) is 0 Å². The maximum absolute atomic E-state index is 4.24. The van der Waals surface area contributed by atoms with E-state index in [9.17, 15) is 0 Å². The van der Waals surface area contributed by atoms with Crippen molar-refractivity contribution in [3.63, 3.8) is 0 Å². The zero-order chi connectivity index (χ0) is 8.23. The minimum Gasteiger partial charge on any atom is -0.316 e. The van der Waals surface area contributed by atoms with Crippen LogP contribution in [0.2, 0.25) is 0 Å². The van der Waals surface area contributed by atoms with E-state index in [-0.39, 0.29) is 0 Å². The van der Waals surface area contributed by atoms with Crippen molar-refractivity contribution in [3.8, 4) is 0 Å². The molecule has 0 aromatic carbocycles. The summed E-state index contributed by atoms with van der Waals surface area (Å²) in [4.78, 5) is 4.24. The number of hydrogen-bond donors (Lipinski definition) is 1. The van der Waals surface area contributed by atoms with E-state index in [1.807, 2.05) is 23.3 Å². The van der Waals surface area contributed by atoms with Crippen molar-refractivity contribution in [1.82, 2.24) is 10.3 Å². The molecule has 0 unspecified atom stereocenters. The third kappa shape index (κ3) is 2.21. The zero-order valence-corrected chi connectivity index (χ0v) is 8.46. The van der Waals surface area contributed by atoms with Crippen LogP contribution >= 0.6 is 23.1 Å². The highest BCUT2D eigenvalue weighted by Gasteiger charge is 2.14. The molecule has 1 N–H and O–H groups in total. The lowest BCUT2D eigenvalue weighted by molar-refractivity contribution is 0.662. The fourth-order valence-electron chi connectivity index (χ4n) is 1.33. The van der Waals surface area contributed by atoms with Gasteiger partial charge in [0.25, 0.3) is 0 Å². The Kier molecular flexibility index (Phi) is 3.03. The molecule has 4 heteroatoms. The fraction of sp³-hybridized carbons (Fsp3) is 0.625. The zero-order valence-electron chi connectivity index (χ0n) is 6.82. The summed E-state index contributed by atoms with van der Waals surface area (Å²) in [5.41, 5.74) is 0. The quantitative estimate of drug-likeness (QED) is 0.754.